The van der Waals surface area contributed by atoms with Crippen LogP contribution in [0.4, 0.5) is 0 Å². The van der Waals surface area contributed by atoms with Crippen LogP contribution >= 0.6 is 11.6 Å². The minimum absolute atomic E-state index is 0.119. The van der Waals surface area contributed by atoms with Gasteiger partial charge < -0.3 is 0 Å². The molecule has 4 nitrogen and oxygen atoms in total. The number of hydrogen-bond donors (Lipinski definition) is 2. The Morgan fingerprint density at radius 2 is 2.06 bits per heavy atom. The number of nitrogens with one attached hydrogen (secondary N) is 1. The normalized spacial score (nSPS) is 20.2. The Balaban J connectivity index is 2.20. The first-order valence-electron chi connectivity index (χ1n) is 6.37. The van der Waals surface area contributed by atoms with Gasteiger partial charge in [-0.3, -0.25) is 16.0 Å². The van der Waals surface area contributed by atoms with Crippen LogP contribution in [-0.2, 0) is 7.05 Å². The van der Waals surface area contributed by atoms with E-state index < -0.39 is 0 Å². The van der Waals surface area contributed by atoms with Crippen molar-refractivity contribution in [2.24, 2.45) is 18.8 Å². The summed E-state index contributed by atoms with van der Waals surface area (Å²) in [7, 11) is 1.92. The van der Waals surface area contributed by atoms with E-state index in [-0.39, 0.29) is 6.04 Å². The molecule has 1 aromatic rings. The van der Waals surface area contributed by atoms with Crippen molar-refractivity contribution in [3.05, 3.63) is 16.9 Å². The highest BCUT2D eigenvalue weighted by Crippen LogP contribution is 2.35. The quantitative estimate of drug-likeness (QED) is 0.496. The Labute approximate surface area is 107 Å². The van der Waals surface area contributed by atoms with Gasteiger partial charge in [0.05, 0.1) is 23.0 Å². The minimum Gasteiger partial charge on any atom is -0.271 e. The van der Waals surface area contributed by atoms with Gasteiger partial charge >= 0.3 is 0 Å². The lowest BCUT2D eigenvalue weighted by Gasteiger charge is -2.26. The summed E-state index contributed by atoms with van der Waals surface area (Å²) in [6, 6.07) is 0.119. The van der Waals surface area contributed by atoms with Crippen LogP contribution in [-0.4, -0.2) is 9.78 Å². The molecule has 0 aromatic carbocycles. The van der Waals surface area contributed by atoms with Crippen molar-refractivity contribution < 1.29 is 0 Å². The van der Waals surface area contributed by atoms with E-state index in [1.807, 2.05) is 11.7 Å². The monoisotopic (exact) mass is 256 g/mol. The Bertz CT molecular complexity index is 336. The van der Waals surface area contributed by atoms with Crippen LogP contribution in [0.2, 0.25) is 5.02 Å². The number of aromatic nitrogens is 2. The van der Waals surface area contributed by atoms with Crippen LogP contribution < -0.4 is 11.3 Å². The van der Waals surface area contributed by atoms with Gasteiger partial charge in [-0.25, -0.2) is 0 Å². The first kappa shape index (κ1) is 12.9. The van der Waals surface area contributed by atoms with Gasteiger partial charge in [0.1, 0.15) is 0 Å². The fraction of sp³-hybridized carbons (Fsp3) is 0.750. The van der Waals surface area contributed by atoms with Crippen LogP contribution in [0.15, 0.2) is 6.20 Å². The minimum atomic E-state index is 0.119. The first-order valence-corrected chi connectivity index (χ1v) is 6.75. The van der Waals surface area contributed by atoms with E-state index in [1.54, 1.807) is 6.20 Å². The second-order valence-electron chi connectivity index (χ2n) is 4.90. The molecule has 1 unspecified atom stereocenters. The predicted molar refractivity (Wildman–Crippen MR) is 69.5 cm³/mol. The van der Waals surface area contributed by atoms with E-state index in [4.69, 9.17) is 17.4 Å². The highest BCUT2D eigenvalue weighted by molar-refractivity contribution is 6.31. The van der Waals surface area contributed by atoms with E-state index in [9.17, 15) is 0 Å². The van der Waals surface area contributed by atoms with Crippen LogP contribution in [0, 0.1) is 5.92 Å². The SMILES string of the molecule is Cn1ncc(Cl)c1C(NN)C1CCCCCC1. The highest BCUT2D eigenvalue weighted by atomic mass is 35.5. The van der Waals surface area contributed by atoms with Crippen molar-refractivity contribution in [3.8, 4) is 0 Å². The van der Waals surface area contributed by atoms with Gasteiger partial charge in [0, 0.05) is 7.05 Å². The maximum absolute atomic E-state index is 6.20. The third-order valence-corrected chi connectivity index (χ3v) is 4.07. The van der Waals surface area contributed by atoms with Crippen molar-refractivity contribution >= 4 is 11.6 Å². The number of halogens is 1. The molecule has 0 saturated heterocycles. The van der Waals surface area contributed by atoms with E-state index >= 15 is 0 Å². The van der Waals surface area contributed by atoms with Crippen LogP contribution in [0.1, 0.15) is 50.3 Å². The summed E-state index contributed by atoms with van der Waals surface area (Å²) in [5.41, 5.74) is 3.95. The number of nitrogens with two attached hydrogens (primary N) is 1. The average Bonchev–Trinajstić information content (AvgIpc) is 2.59. The summed E-state index contributed by atoms with van der Waals surface area (Å²) >= 11 is 6.20. The molecular weight excluding hydrogens is 236 g/mol. The molecule has 2 rings (SSSR count). The van der Waals surface area contributed by atoms with Gasteiger partial charge in [0.25, 0.3) is 0 Å². The summed E-state index contributed by atoms with van der Waals surface area (Å²) in [6.07, 6.45) is 9.39. The molecule has 0 bridgehead atoms. The molecule has 5 heteroatoms. The van der Waals surface area contributed by atoms with Crippen molar-refractivity contribution in [3.63, 3.8) is 0 Å². The van der Waals surface area contributed by atoms with Gasteiger partial charge in [0.15, 0.2) is 0 Å². The third-order valence-electron chi connectivity index (χ3n) is 3.78. The molecule has 1 aliphatic carbocycles. The predicted octanol–water partition coefficient (Wildman–Crippen LogP) is 2.55. The van der Waals surface area contributed by atoms with Crippen LogP contribution in [0.3, 0.4) is 0 Å². The van der Waals surface area contributed by atoms with E-state index in [2.05, 4.69) is 10.5 Å². The lowest BCUT2D eigenvalue weighted by Crippen LogP contribution is -2.35. The Morgan fingerprint density at radius 3 is 2.53 bits per heavy atom. The first-order chi connectivity index (χ1) is 8.24. The zero-order valence-corrected chi connectivity index (χ0v) is 11.1. The molecule has 0 amide bonds. The largest absolute Gasteiger partial charge is 0.271 e. The van der Waals surface area contributed by atoms with Gasteiger partial charge in [-0.05, 0) is 18.8 Å². The van der Waals surface area contributed by atoms with Gasteiger partial charge in [0.2, 0.25) is 0 Å². The van der Waals surface area contributed by atoms with Crippen molar-refractivity contribution in [2.75, 3.05) is 0 Å². The average molecular weight is 257 g/mol. The fourth-order valence-electron chi connectivity index (χ4n) is 2.85. The molecule has 1 fully saturated rings. The second-order valence-corrected chi connectivity index (χ2v) is 5.30. The number of hydrazine groups is 1. The molecular formula is C12H21ClN4. The van der Waals surface area contributed by atoms with E-state index in [0.717, 1.165) is 5.69 Å². The van der Waals surface area contributed by atoms with Gasteiger partial charge in [-0.2, -0.15) is 5.10 Å². The Kier molecular flexibility index (Phi) is 4.42. The Hall–Kier alpha value is -0.580. The number of hydrogen-bond acceptors (Lipinski definition) is 3. The topological polar surface area (TPSA) is 55.9 Å². The molecule has 0 spiro atoms. The fourth-order valence-corrected chi connectivity index (χ4v) is 3.14. The molecule has 1 saturated carbocycles. The van der Waals surface area contributed by atoms with Gasteiger partial charge in [-0.15, -0.1) is 0 Å². The smallest absolute Gasteiger partial charge is 0.0834 e. The summed E-state index contributed by atoms with van der Waals surface area (Å²) < 4.78 is 1.83. The molecule has 1 atom stereocenters. The van der Waals surface area contributed by atoms with Gasteiger partial charge in [-0.1, -0.05) is 37.3 Å². The summed E-state index contributed by atoms with van der Waals surface area (Å²) in [5, 5.41) is 4.90. The standard InChI is InChI=1S/C12H21ClN4/c1-17-12(10(13)8-15-17)11(16-14)9-6-4-2-3-5-7-9/h8-9,11,16H,2-7,14H2,1H3. The molecule has 3 N–H and O–H groups in total. The maximum Gasteiger partial charge on any atom is 0.0834 e. The molecule has 1 aliphatic rings. The number of rotatable bonds is 3. The van der Waals surface area contributed by atoms with Crippen LogP contribution in [0.5, 0.6) is 0 Å². The number of nitrogens with zero attached hydrogens (tertiary/aromatic N) is 2. The zero-order chi connectivity index (χ0) is 12.3. The van der Waals surface area contributed by atoms with Crippen molar-refractivity contribution in [1.29, 1.82) is 0 Å². The lowest BCUT2D eigenvalue weighted by molar-refractivity contribution is 0.315. The zero-order valence-electron chi connectivity index (χ0n) is 10.3. The van der Waals surface area contributed by atoms with Crippen molar-refractivity contribution in [2.45, 2.75) is 44.6 Å². The number of aryl methyl sites for hydroxylation is 1. The Morgan fingerprint density at radius 1 is 1.41 bits per heavy atom. The summed E-state index contributed by atoms with van der Waals surface area (Å²) in [4.78, 5) is 0. The van der Waals surface area contributed by atoms with Crippen LogP contribution in [0.25, 0.3) is 0 Å². The van der Waals surface area contributed by atoms with Crippen molar-refractivity contribution in [1.82, 2.24) is 15.2 Å². The third kappa shape index (κ3) is 2.81. The second kappa shape index (κ2) is 5.85. The summed E-state index contributed by atoms with van der Waals surface area (Å²) in [5.74, 6) is 6.30. The maximum atomic E-state index is 6.20. The molecule has 1 heterocycles. The molecule has 1 aromatic heterocycles. The summed E-state index contributed by atoms with van der Waals surface area (Å²) in [6.45, 7) is 0. The molecule has 0 aliphatic heterocycles. The molecule has 0 radical (unpaired) electrons. The lowest BCUT2D eigenvalue weighted by atomic mass is 9.90. The highest BCUT2D eigenvalue weighted by Gasteiger charge is 2.27. The van der Waals surface area contributed by atoms with E-state index in [0.29, 0.717) is 10.9 Å². The van der Waals surface area contributed by atoms with E-state index in [1.165, 1.54) is 38.5 Å². The molecule has 96 valence electrons. The molecule has 17 heavy (non-hydrogen) atoms.